The van der Waals surface area contributed by atoms with Crippen LogP contribution in [-0.2, 0) is 4.79 Å². The number of carbonyl (C=O) groups excluding carboxylic acids is 2. The first-order chi connectivity index (χ1) is 8.04. The summed E-state index contributed by atoms with van der Waals surface area (Å²) in [6.07, 6.45) is 2.23. The number of likely N-dealkylation sites (N-methyl/N-ethyl adjacent to an activating group) is 2. The first kappa shape index (κ1) is 14.3. The van der Waals surface area contributed by atoms with Crippen LogP contribution >= 0.6 is 11.6 Å². The molecule has 1 fully saturated rings. The summed E-state index contributed by atoms with van der Waals surface area (Å²) in [4.78, 5) is 26.8. The number of nitrogens with one attached hydrogen (secondary N) is 1. The Hall–Kier alpha value is -0.810. The molecule has 1 saturated heterocycles. The summed E-state index contributed by atoms with van der Waals surface area (Å²) in [5.74, 6) is -0.0874. The highest BCUT2D eigenvalue weighted by Crippen LogP contribution is 2.13. The normalized spacial score (nSPS) is 21.0. The van der Waals surface area contributed by atoms with E-state index in [1.54, 1.807) is 11.9 Å². The Balaban J connectivity index is 2.42. The molecule has 0 bridgehead atoms. The van der Waals surface area contributed by atoms with E-state index in [4.69, 9.17) is 11.6 Å². The number of carbonyl (C=O) groups is 2. The molecule has 3 amide bonds. The molecular weight excluding hydrogens is 242 g/mol. The fourth-order valence-corrected chi connectivity index (χ4v) is 2.15. The van der Waals surface area contributed by atoms with Crippen molar-refractivity contribution in [2.75, 3.05) is 33.1 Å². The second kappa shape index (κ2) is 6.81. The minimum absolute atomic E-state index is 0.172. The number of rotatable bonds is 3. The predicted molar refractivity (Wildman–Crippen MR) is 67.2 cm³/mol. The zero-order valence-electron chi connectivity index (χ0n) is 10.4. The van der Waals surface area contributed by atoms with Crippen molar-refractivity contribution in [1.29, 1.82) is 0 Å². The van der Waals surface area contributed by atoms with E-state index in [0.29, 0.717) is 0 Å². The van der Waals surface area contributed by atoms with Crippen LogP contribution in [0.2, 0.25) is 0 Å². The molecule has 1 atom stereocenters. The smallest absolute Gasteiger partial charge is 0.323 e. The van der Waals surface area contributed by atoms with Crippen molar-refractivity contribution in [3.8, 4) is 0 Å². The van der Waals surface area contributed by atoms with Gasteiger partial charge in [0.2, 0.25) is 5.91 Å². The lowest BCUT2D eigenvalue weighted by atomic mass is 10.1. The van der Waals surface area contributed by atoms with Gasteiger partial charge < -0.3 is 9.80 Å². The lowest BCUT2D eigenvalue weighted by molar-refractivity contribution is -0.119. The molecule has 1 aliphatic rings. The van der Waals surface area contributed by atoms with Crippen LogP contribution in [0.15, 0.2) is 0 Å². The summed E-state index contributed by atoms with van der Waals surface area (Å²) >= 11 is 5.43. The van der Waals surface area contributed by atoms with Gasteiger partial charge in [-0.05, 0) is 26.4 Å². The fraction of sp³-hybridized carbons (Fsp3) is 0.818. The average molecular weight is 262 g/mol. The molecule has 0 spiro atoms. The molecule has 0 saturated carbocycles. The first-order valence-electron chi connectivity index (χ1n) is 5.85. The summed E-state index contributed by atoms with van der Waals surface area (Å²) in [6.45, 7) is 1.92. The number of halogens is 1. The molecule has 17 heavy (non-hydrogen) atoms. The Morgan fingerprint density at radius 1 is 1.53 bits per heavy atom. The number of urea groups is 1. The molecule has 1 rings (SSSR count). The Bertz CT molecular complexity index is 286. The molecule has 0 aromatic rings. The quantitative estimate of drug-likeness (QED) is 0.768. The number of imide groups is 1. The van der Waals surface area contributed by atoms with Crippen molar-refractivity contribution in [1.82, 2.24) is 15.1 Å². The van der Waals surface area contributed by atoms with Crippen LogP contribution in [0, 0.1) is 0 Å². The van der Waals surface area contributed by atoms with Gasteiger partial charge in [0.25, 0.3) is 0 Å². The fourth-order valence-electron chi connectivity index (χ4n) is 1.98. The van der Waals surface area contributed by atoms with Gasteiger partial charge >= 0.3 is 6.03 Å². The van der Waals surface area contributed by atoms with Crippen LogP contribution in [0.1, 0.15) is 19.3 Å². The molecule has 1 unspecified atom stereocenters. The van der Waals surface area contributed by atoms with E-state index in [-0.39, 0.29) is 30.3 Å². The summed E-state index contributed by atoms with van der Waals surface area (Å²) in [6, 6.07) is -0.155. The van der Waals surface area contributed by atoms with Crippen molar-refractivity contribution in [2.45, 2.75) is 25.3 Å². The maximum absolute atomic E-state index is 11.8. The largest absolute Gasteiger partial charge is 0.324 e. The molecule has 0 radical (unpaired) electrons. The van der Waals surface area contributed by atoms with Crippen molar-refractivity contribution < 1.29 is 9.59 Å². The van der Waals surface area contributed by atoms with E-state index in [2.05, 4.69) is 10.2 Å². The van der Waals surface area contributed by atoms with Gasteiger partial charge in [0.15, 0.2) is 0 Å². The average Bonchev–Trinajstić information content (AvgIpc) is 2.28. The third-order valence-electron chi connectivity index (χ3n) is 3.04. The van der Waals surface area contributed by atoms with Gasteiger partial charge in [-0.1, -0.05) is 0 Å². The van der Waals surface area contributed by atoms with E-state index in [1.165, 1.54) is 0 Å². The first-order valence-corrected chi connectivity index (χ1v) is 6.39. The van der Waals surface area contributed by atoms with Gasteiger partial charge in [0.05, 0.1) is 0 Å². The molecule has 1 N–H and O–H groups in total. The molecule has 0 aromatic heterocycles. The molecule has 6 heteroatoms. The Morgan fingerprint density at radius 3 is 2.82 bits per heavy atom. The van der Waals surface area contributed by atoms with Gasteiger partial charge in [0.1, 0.15) is 0 Å². The number of hydrogen-bond donors (Lipinski definition) is 1. The van der Waals surface area contributed by atoms with E-state index in [1.807, 2.05) is 7.05 Å². The van der Waals surface area contributed by atoms with Crippen LogP contribution in [0.4, 0.5) is 4.79 Å². The maximum Gasteiger partial charge on any atom is 0.324 e. The van der Waals surface area contributed by atoms with Gasteiger partial charge in [-0.2, -0.15) is 0 Å². The van der Waals surface area contributed by atoms with Gasteiger partial charge in [-0.15, -0.1) is 11.6 Å². The van der Waals surface area contributed by atoms with Crippen molar-refractivity contribution in [3.05, 3.63) is 0 Å². The minimum Gasteiger partial charge on any atom is -0.323 e. The van der Waals surface area contributed by atoms with E-state index in [0.717, 1.165) is 25.9 Å². The number of hydrogen-bond acceptors (Lipinski definition) is 3. The highest BCUT2D eigenvalue weighted by Gasteiger charge is 2.25. The van der Waals surface area contributed by atoms with Crippen molar-refractivity contribution in [2.24, 2.45) is 0 Å². The number of alkyl halides is 1. The molecule has 0 aromatic carbocycles. The second-order valence-corrected chi connectivity index (χ2v) is 4.84. The van der Waals surface area contributed by atoms with Crippen LogP contribution in [0.3, 0.4) is 0 Å². The van der Waals surface area contributed by atoms with E-state index < -0.39 is 0 Å². The Kier molecular flexibility index (Phi) is 5.71. The lowest BCUT2D eigenvalue weighted by Gasteiger charge is -2.35. The monoisotopic (exact) mass is 261 g/mol. The van der Waals surface area contributed by atoms with Gasteiger partial charge in [0, 0.05) is 31.9 Å². The Labute approximate surface area is 107 Å². The second-order valence-electron chi connectivity index (χ2n) is 4.46. The standard InChI is InChI=1S/C11H20ClN3O2/c1-14-7-3-4-9(8-14)15(2)11(17)13-10(16)5-6-12/h9H,3-8H2,1-2H3,(H,13,16,17). The molecule has 98 valence electrons. The highest BCUT2D eigenvalue weighted by molar-refractivity contribution is 6.19. The van der Waals surface area contributed by atoms with Crippen LogP contribution in [-0.4, -0.2) is 60.8 Å². The number of likely N-dealkylation sites (tertiary alicyclic amines) is 1. The van der Waals surface area contributed by atoms with E-state index in [9.17, 15) is 9.59 Å². The topological polar surface area (TPSA) is 52.6 Å². The molecule has 1 heterocycles. The molecule has 0 aliphatic carbocycles. The van der Waals surface area contributed by atoms with E-state index >= 15 is 0 Å². The highest BCUT2D eigenvalue weighted by atomic mass is 35.5. The summed E-state index contributed by atoms with van der Waals surface area (Å²) in [7, 11) is 3.77. The minimum atomic E-state index is -0.333. The zero-order valence-corrected chi connectivity index (χ0v) is 11.2. The third kappa shape index (κ3) is 4.52. The summed E-state index contributed by atoms with van der Waals surface area (Å²) < 4.78 is 0. The maximum atomic E-state index is 11.8. The Morgan fingerprint density at radius 2 is 2.24 bits per heavy atom. The third-order valence-corrected chi connectivity index (χ3v) is 3.22. The number of piperidine rings is 1. The lowest BCUT2D eigenvalue weighted by Crippen LogP contribution is -2.51. The number of amides is 3. The van der Waals surface area contributed by atoms with Gasteiger partial charge in [-0.25, -0.2) is 4.79 Å². The van der Waals surface area contributed by atoms with Crippen LogP contribution in [0.25, 0.3) is 0 Å². The van der Waals surface area contributed by atoms with Crippen LogP contribution < -0.4 is 5.32 Å². The predicted octanol–water partition coefficient (Wildman–Crippen LogP) is 0.877. The SMILES string of the molecule is CN1CCCC(N(C)C(=O)NC(=O)CCCl)C1. The molecule has 1 aliphatic heterocycles. The summed E-state index contributed by atoms with van der Waals surface area (Å²) in [5.41, 5.74) is 0. The van der Waals surface area contributed by atoms with Crippen LogP contribution in [0.5, 0.6) is 0 Å². The van der Waals surface area contributed by atoms with Crippen molar-refractivity contribution >= 4 is 23.5 Å². The molecular formula is C11H20ClN3O2. The van der Waals surface area contributed by atoms with Gasteiger partial charge in [-0.3, -0.25) is 10.1 Å². The number of nitrogens with zero attached hydrogens (tertiary/aromatic N) is 2. The zero-order chi connectivity index (χ0) is 12.8. The summed E-state index contributed by atoms with van der Waals surface area (Å²) in [5, 5.41) is 2.34. The van der Waals surface area contributed by atoms with Crippen molar-refractivity contribution in [3.63, 3.8) is 0 Å². The molecule has 5 nitrogen and oxygen atoms in total.